The van der Waals surface area contributed by atoms with Crippen molar-refractivity contribution in [1.29, 1.82) is 0 Å². The van der Waals surface area contributed by atoms with Crippen LogP contribution >= 0.6 is 0 Å². The van der Waals surface area contributed by atoms with E-state index >= 15 is 0 Å². The Labute approximate surface area is 104 Å². The number of β-amino-alcohol motifs (C(OH)–C–C–N with tert-alkyl or cyclic N) is 1. The van der Waals surface area contributed by atoms with Gasteiger partial charge < -0.3 is 10.0 Å². The van der Waals surface area contributed by atoms with Gasteiger partial charge in [-0.3, -0.25) is 4.79 Å². The van der Waals surface area contributed by atoms with E-state index in [9.17, 15) is 9.90 Å². The topological polar surface area (TPSA) is 40.5 Å². The Balaban J connectivity index is 1.90. The molecule has 2 fully saturated rings. The molecule has 0 spiro atoms. The number of hydrogen-bond acceptors (Lipinski definition) is 3. The molecule has 4 atom stereocenters. The van der Waals surface area contributed by atoms with Gasteiger partial charge in [0.2, 0.25) is 0 Å². The van der Waals surface area contributed by atoms with E-state index in [0.717, 1.165) is 38.9 Å². The Hall–Kier alpha value is -0.410. The lowest BCUT2D eigenvalue weighted by Crippen LogP contribution is -2.45. The number of aliphatic hydroxyl groups excluding tert-OH is 1. The van der Waals surface area contributed by atoms with Gasteiger partial charge in [-0.1, -0.05) is 13.8 Å². The van der Waals surface area contributed by atoms with Crippen LogP contribution in [0.25, 0.3) is 0 Å². The number of aliphatic hydroxyl groups is 1. The summed E-state index contributed by atoms with van der Waals surface area (Å²) < 4.78 is 0. The second-order valence-electron chi connectivity index (χ2n) is 6.15. The first kappa shape index (κ1) is 13.0. The number of hydrogen-bond donors (Lipinski definition) is 1. The molecule has 0 radical (unpaired) electrons. The normalized spacial score (nSPS) is 40.5. The van der Waals surface area contributed by atoms with E-state index in [1.165, 1.54) is 6.42 Å². The molecule has 1 N–H and O–H groups in total. The van der Waals surface area contributed by atoms with E-state index in [1.807, 2.05) is 0 Å². The molecule has 3 heteroatoms. The number of piperidine rings is 1. The van der Waals surface area contributed by atoms with Crippen molar-refractivity contribution in [1.82, 2.24) is 4.90 Å². The predicted octanol–water partition coefficient (Wildman–Crippen LogP) is 1.69. The predicted molar refractivity (Wildman–Crippen MR) is 67.7 cm³/mol. The second kappa shape index (κ2) is 5.49. The third-order valence-electron chi connectivity index (χ3n) is 4.36. The molecule has 0 amide bonds. The van der Waals surface area contributed by atoms with E-state index in [2.05, 4.69) is 18.7 Å². The van der Waals surface area contributed by atoms with Crippen LogP contribution in [0.5, 0.6) is 0 Å². The van der Waals surface area contributed by atoms with Crippen molar-refractivity contribution in [3.8, 4) is 0 Å². The molecule has 1 saturated carbocycles. The summed E-state index contributed by atoms with van der Waals surface area (Å²) in [5.41, 5.74) is 0. The van der Waals surface area contributed by atoms with Gasteiger partial charge >= 0.3 is 0 Å². The van der Waals surface area contributed by atoms with Gasteiger partial charge in [-0.25, -0.2) is 0 Å². The first-order valence-corrected chi connectivity index (χ1v) is 6.99. The molecule has 1 aliphatic carbocycles. The summed E-state index contributed by atoms with van der Waals surface area (Å²) in [6, 6.07) is 0. The lowest BCUT2D eigenvalue weighted by Gasteiger charge is -2.37. The van der Waals surface area contributed by atoms with Crippen LogP contribution in [0.1, 0.15) is 39.5 Å². The molecular weight excluding hydrogens is 214 g/mol. The number of Topliss-reactive ketones (excluding diaryl/α,β-unsaturated/α-hetero) is 1. The Kier molecular flexibility index (Phi) is 4.21. The van der Waals surface area contributed by atoms with Gasteiger partial charge in [-0.15, -0.1) is 0 Å². The van der Waals surface area contributed by atoms with Crippen LogP contribution in [0.4, 0.5) is 0 Å². The Morgan fingerprint density at radius 3 is 2.82 bits per heavy atom. The molecule has 0 aromatic heterocycles. The smallest absolute Gasteiger partial charge is 0.137 e. The first-order valence-electron chi connectivity index (χ1n) is 6.99. The molecule has 0 aromatic carbocycles. The fraction of sp³-hybridized carbons (Fsp3) is 0.929. The van der Waals surface area contributed by atoms with E-state index in [-0.39, 0.29) is 12.0 Å². The molecular formula is C14H25NO2. The molecule has 1 heterocycles. The van der Waals surface area contributed by atoms with Crippen LogP contribution in [0.2, 0.25) is 0 Å². The Morgan fingerprint density at radius 2 is 2.18 bits per heavy atom. The quantitative estimate of drug-likeness (QED) is 0.797. The maximum absolute atomic E-state index is 12.1. The van der Waals surface area contributed by atoms with E-state index in [0.29, 0.717) is 17.6 Å². The first-order chi connectivity index (χ1) is 8.06. The van der Waals surface area contributed by atoms with Crippen LogP contribution in [0, 0.1) is 17.8 Å². The molecule has 4 unspecified atom stereocenters. The fourth-order valence-electron chi connectivity index (χ4n) is 3.45. The number of ketones is 1. The highest BCUT2D eigenvalue weighted by molar-refractivity contribution is 5.82. The largest absolute Gasteiger partial charge is 0.392 e. The summed E-state index contributed by atoms with van der Waals surface area (Å²) >= 11 is 0. The number of carbonyl (C=O) groups is 1. The summed E-state index contributed by atoms with van der Waals surface area (Å²) in [7, 11) is 0. The van der Waals surface area contributed by atoms with Crippen LogP contribution < -0.4 is 0 Å². The van der Waals surface area contributed by atoms with Gasteiger partial charge in [-0.05, 0) is 37.6 Å². The zero-order valence-electron chi connectivity index (χ0n) is 11.1. The lowest BCUT2D eigenvalue weighted by molar-refractivity contribution is -0.129. The van der Waals surface area contributed by atoms with Gasteiger partial charge in [0.15, 0.2) is 0 Å². The average Bonchev–Trinajstić information content (AvgIpc) is 2.23. The van der Waals surface area contributed by atoms with E-state index in [4.69, 9.17) is 0 Å². The van der Waals surface area contributed by atoms with Crippen molar-refractivity contribution in [2.75, 3.05) is 19.6 Å². The maximum Gasteiger partial charge on any atom is 0.137 e. The number of nitrogens with zero attached hydrogens (tertiary/aromatic N) is 1. The highest BCUT2D eigenvalue weighted by Crippen LogP contribution is 2.31. The van der Waals surface area contributed by atoms with Gasteiger partial charge in [0.25, 0.3) is 0 Å². The summed E-state index contributed by atoms with van der Waals surface area (Å²) in [6.07, 6.45) is 3.73. The molecule has 2 aliphatic rings. The van der Waals surface area contributed by atoms with Crippen LogP contribution in [0.15, 0.2) is 0 Å². The van der Waals surface area contributed by atoms with Crippen molar-refractivity contribution >= 4 is 5.78 Å². The van der Waals surface area contributed by atoms with E-state index < -0.39 is 0 Å². The second-order valence-corrected chi connectivity index (χ2v) is 6.15. The molecule has 1 aliphatic heterocycles. The fourth-order valence-corrected chi connectivity index (χ4v) is 3.45. The third kappa shape index (κ3) is 3.29. The van der Waals surface area contributed by atoms with Crippen molar-refractivity contribution in [3.63, 3.8) is 0 Å². The SMILES string of the molecule is CC1CC(=O)C(CN2CCCC(O)C2)C(C)C1. The monoisotopic (exact) mass is 239 g/mol. The highest BCUT2D eigenvalue weighted by atomic mass is 16.3. The summed E-state index contributed by atoms with van der Waals surface area (Å²) in [5.74, 6) is 1.71. The number of likely N-dealkylation sites (tertiary alicyclic amines) is 1. The van der Waals surface area contributed by atoms with Crippen molar-refractivity contribution in [2.45, 2.75) is 45.6 Å². The number of carbonyl (C=O) groups excluding carboxylic acids is 1. The summed E-state index contributed by atoms with van der Waals surface area (Å²) in [5, 5.41) is 9.66. The van der Waals surface area contributed by atoms with Crippen molar-refractivity contribution < 1.29 is 9.90 Å². The van der Waals surface area contributed by atoms with Gasteiger partial charge in [-0.2, -0.15) is 0 Å². The zero-order valence-corrected chi connectivity index (χ0v) is 11.1. The van der Waals surface area contributed by atoms with Gasteiger partial charge in [0, 0.05) is 25.4 Å². The molecule has 2 rings (SSSR count). The standard InChI is InChI=1S/C14H25NO2/c1-10-6-11(2)13(14(17)7-10)9-15-5-3-4-12(16)8-15/h10-13,16H,3-9H2,1-2H3. The van der Waals surface area contributed by atoms with Crippen LogP contribution in [0.3, 0.4) is 0 Å². The molecule has 1 saturated heterocycles. The third-order valence-corrected chi connectivity index (χ3v) is 4.36. The van der Waals surface area contributed by atoms with Gasteiger partial charge in [0.05, 0.1) is 6.10 Å². The molecule has 98 valence electrons. The minimum atomic E-state index is -0.184. The molecule has 3 nitrogen and oxygen atoms in total. The van der Waals surface area contributed by atoms with Gasteiger partial charge in [0.1, 0.15) is 5.78 Å². The minimum Gasteiger partial charge on any atom is -0.392 e. The lowest BCUT2D eigenvalue weighted by atomic mass is 9.74. The zero-order chi connectivity index (χ0) is 12.4. The highest BCUT2D eigenvalue weighted by Gasteiger charge is 2.34. The Bertz CT molecular complexity index is 279. The minimum absolute atomic E-state index is 0.184. The van der Waals surface area contributed by atoms with E-state index in [1.54, 1.807) is 0 Å². The summed E-state index contributed by atoms with van der Waals surface area (Å²) in [4.78, 5) is 14.4. The van der Waals surface area contributed by atoms with Crippen molar-refractivity contribution in [3.05, 3.63) is 0 Å². The molecule has 17 heavy (non-hydrogen) atoms. The van der Waals surface area contributed by atoms with Crippen LogP contribution in [-0.2, 0) is 4.79 Å². The molecule has 0 bridgehead atoms. The van der Waals surface area contributed by atoms with Crippen LogP contribution in [-0.4, -0.2) is 41.5 Å². The summed E-state index contributed by atoms with van der Waals surface area (Å²) in [6.45, 7) is 7.05. The molecule has 0 aromatic rings. The van der Waals surface area contributed by atoms with Crippen molar-refractivity contribution in [2.24, 2.45) is 17.8 Å². The Morgan fingerprint density at radius 1 is 1.41 bits per heavy atom. The average molecular weight is 239 g/mol. The number of rotatable bonds is 2. The maximum atomic E-state index is 12.1.